The average molecular weight is 503 g/mol. The van der Waals surface area contributed by atoms with Gasteiger partial charge in [-0.2, -0.15) is 21.6 Å². The maximum atomic E-state index is 13.7. The lowest BCUT2D eigenvalue weighted by molar-refractivity contribution is -0.139. The maximum absolute atomic E-state index is 13.7. The van der Waals surface area contributed by atoms with Gasteiger partial charge in [0.15, 0.2) is 0 Å². The number of halogens is 3. The quantitative estimate of drug-likeness (QED) is 0.272. The third kappa shape index (κ3) is 4.61. The van der Waals surface area contributed by atoms with E-state index < -0.39 is 37.1 Å². The van der Waals surface area contributed by atoms with E-state index in [1.54, 1.807) is 72.8 Å². The van der Waals surface area contributed by atoms with E-state index in [1.165, 1.54) is 6.07 Å². The second-order valence-corrected chi connectivity index (χ2v) is 11.9. The Morgan fingerprint density at radius 1 is 0.618 bits per heavy atom. The molecule has 0 radical (unpaired) electrons. The second kappa shape index (κ2) is 9.29. The molecule has 34 heavy (non-hydrogen) atoms. The summed E-state index contributed by atoms with van der Waals surface area (Å²) in [5.41, 5.74) is -0.322. The Labute approximate surface area is 198 Å². The molecule has 0 fully saturated rings. The van der Waals surface area contributed by atoms with Gasteiger partial charge in [0.2, 0.25) is 0 Å². The van der Waals surface area contributed by atoms with E-state index in [9.17, 15) is 21.6 Å². The highest BCUT2D eigenvalue weighted by Crippen LogP contribution is 2.70. The average Bonchev–Trinajstić information content (AvgIpc) is 2.84. The summed E-state index contributed by atoms with van der Waals surface area (Å²) in [5, 5.41) is 0. The Kier molecular flexibility index (Phi) is 6.58. The zero-order valence-corrected chi connectivity index (χ0v) is 19.7. The topological polar surface area (TPSA) is 43.4 Å². The number of alkyl halides is 3. The van der Waals surface area contributed by atoms with Gasteiger partial charge in [0.1, 0.15) is 4.90 Å². The fraction of sp³-hybridized carbons (Fsp3) is 0.0769. The number of hydrogen-bond acceptors (Lipinski definition) is 3. The van der Waals surface area contributed by atoms with Gasteiger partial charge in [-0.25, -0.2) is 3.63 Å². The predicted octanol–water partition coefficient (Wildman–Crippen LogP) is 7.62. The Balaban J connectivity index is 2.03. The summed E-state index contributed by atoms with van der Waals surface area (Å²) in [7, 11) is -7.84. The van der Waals surface area contributed by atoms with Gasteiger partial charge >= 0.3 is 16.3 Å². The zero-order chi connectivity index (χ0) is 24.4. The lowest BCUT2D eigenvalue weighted by atomic mass is 10.2. The van der Waals surface area contributed by atoms with Crippen LogP contribution in [-0.2, 0) is 19.9 Å². The smallest absolute Gasteiger partial charge is 0.203 e. The van der Waals surface area contributed by atoms with E-state index in [-0.39, 0.29) is 0 Å². The van der Waals surface area contributed by atoms with Crippen LogP contribution in [0.25, 0.3) is 0 Å². The minimum absolute atomic E-state index is 0.540. The van der Waals surface area contributed by atoms with E-state index in [0.29, 0.717) is 14.7 Å². The fourth-order valence-electron chi connectivity index (χ4n) is 3.57. The predicted molar refractivity (Wildman–Crippen MR) is 126 cm³/mol. The number of hydrogen-bond donors (Lipinski definition) is 0. The molecule has 0 unspecified atom stereocenters. The van der Waals surface area contributed by atoms with Crippen LogP contribution in [0.5, 0.6) is 0 Å². The minimum Gasteiger partial charge on any atom is -0.203 e. The Hall–Kier alpha value is -3.07. The normalized spacial score (nSPS) is 12.9. The van der Waals surface area contributed by atoms with Gasteiger partial charge < -0.3 is 0 Å². The molecule has 8 heteroatoms. The summed E-state index contributed by atoms with van der Waals surface area (Å²) in [4.78, 5) is 0.707. The van der Waals surface area contributed by atoms with Gasteiger partial charge in [0.05, 0.1) is 5.56 Å². The molecule has 0 N–H and O–H groups in total. The van der Waals surface area contributed by atoms with E-state index in [0.717, 1.165) is 23.8 Å². The molecule has 0 saturated carbocycles. The van der Waals surface area contributed by atoms with Gasteiger partial charge in [-0.15, -0.1) is 0 Å². The molecule has 0 aromatic heterocycles. The molecule has 4 rings (SSSR count). The van der Waals surface area contributed by atoms with Crippen molar-refractivity contribution in [2.75, 3.05) is 0 Å². The van der Waals surface area contributed by atoms with Gasteiger partial charge in [0, 0.05) is 14.7 Å². The van der Waals surface area contributed by atoms with E-state index in [4.69, 9.17) is 3.63 Å². The van der Waals surface area contributed by atoms with Crippen molar-refractivity contribution in [3.8, 4) is 0 Å². The molecular formula is C26H21F3O3S2. The Bertz CT molecular complexity index is 1330. The van der Waals surface area contributed by atoms with Crippen LogP contribution >= 0.6 is 10.3 Å². The van der Waals surface area contributed by atoms with E-state index >= 15 is 0 Å². The van der Waals surface area contributed by atoms with Crippen LogP contribution in [0.1, 0.15) is 11.1 Å². The van der Waals surface area contributed by atoms with Gasteiger partial charge in [0.25, 0.3) is 0 Å². The van der Waals surface area contributed by atoms with Crippen LogP contribution in [0.4, 0.5) is 13.2 Å². The summed E-state index contributed by atoms with van der Waals surface area (Å²) in [5.74, 6) is 0. The van der Waals surface area contributed by atoms with Gasteiger partial charge in [-0.05, 0) is 65.8 Å². The molecule has 0 heterocycles. The minimum atomic E-state index is -4.87. The summed E-state index contributed by atoms with van der Waals surface area (Å²) in [6, 6.07) is 28.7. The molecule has 3 nitrogen and oxygen atoms in total. The molecule has 0 spiro atoms. The van der Waals surface area contributed by atoms with Crippen LogP contribution in [-0.4, -0.2) is 8.42 Å². The van der Waals surface area contributed by atoms with Crippen LogP contribution < -0.4 is 0 Å². The molecule has 4 aromatic carbocycles. The van der Waals surface area contributed by atoms with Crippen molar-refractivity contribution in [3.63, 3.8) is 0 Å². The summed E-state index contributed by atoms with van der Waals surface area (Å²) >= 11 is 0. The van der Waals surface area contributed by atoms with Crippen molar-refractivity contribution in [2.24, 2.45) is 0 Å². The van der Waals surface area contributed by atoms with Crippen LogP contribution in [0, 0.1) is 6.92 Å². The Morgan fingerprint density at radius 3 is 1.56 bits per heavy atom. The van der Waals surface area contributed by atoms with Crippen molar-refractivity contribution in [1.82, 2.24) is 0 Å². The highest BCUT2D eigenvalue weighted by Gasteiger charge is 2.42. The first-order chi connectivity index (χ1) is 16.1. The van der Waals surface area contributed by atoms with Crippen molar-refractivity contribution in [3.05, 3.63) is 120 Å². The zero-order valence-electron chi connectivity index (χ0n) is 18.1. The third-order valence-electron chi connectivity index (χ3n) is 5.16. The van der Waals surface area contributed by atoms with Gasteiger partial charge in [-0.1, -0.05) is 66.2 Å². The van der Waals surface area contributed by atoms with Crippen molar-refractivity contribution in [2.45, 2.75) is 32.7 Å². The second-order valence-electron chi connectivity index (χ2n) is 7.51. The van der Waals surface area contributed by atoms with Gasteiger partial charge in [-0.3, -0.25) is 0 Å². The van der Waals surface area contributed by atoms with Crippen LogP contribution in [0.15, 0.2) is 129 Å². The fourth-order valence-corrected chi connectivity index (χ4v) is 9.00. The number of benzene rings is 4. The summed E-state index contributed by atoms with van der Waals surface area (Å²) in [6.07, 6.45) is -4.87. The molecule has 4 aromatic rings. The number of rotatable bonds is 6. The first kappa shape index (κ1) is 24.1. The largest absolute Gasteiger partial charge is 0.417 e. The lowest BCUT2D eigenvalue weighted by Gasteiger charge is -2.39. The molecule has 0 aliphatic rings. The molecule has 176 valence electrons. The van der Waals surface area contributed by atoms with Crippen LogP contribution in [0.3, 0.4) is 0 Å². The lowest BCUT2D eigenvalue weighted by Crippen LogP contribution is -2.18. The Morgan fingerprint density at radius 2 is 1.06 bits per heavy atom. The highest BCUT2D eigenvalue weighted by molar-refractivity contribution is 8.33. The van der Waals surface area contributed by atoms with Crippen LogP contribution in [0.2, 0.25) is 0 Å². The standard InChI is InChI=1S/C26H21F3O3S2/c1-20-16-18-23(19-17-20)33(21-10-4-2-5-11-21,22-12-6-3-7-13-22)32-34(30,31)25-15-9-8-14-24(25)26(27,28)29/h2-19H,1H3. The van der Waals surface area contributed by atoms with E-state index in [1.807, 2.05) is 19.1 Å². The maximum Gasteiger partial charge on any atom is 0.417 e. The monoisotopic (exact) mass is 502 g/mol. The molecular weight excluding hydrogens is 481 g/mol. The molecule has 0 amide bonds. The molecule has 0 atom stereocenters. The molecule has 0 saturated heterocycles. The first-order valence-corrected chi connectivity index (χ1v) is 13.2. The molecule has 0 bridgehead atoms. The molecule has 0 aliphatic carbocycles. The number of aryl methyl sites for hydroxylation is 1. The van der Waals surface area contributed by atoms with Crippen molar-refractivity contribution >= 4 is 20.4 Å². The first-order valence-electron chi connectivity index (χ1n) is 10.3. The SMILES string of the molecule is Cc1ccc(S(OS(=O)(=O)c2ccccc2C(F)(F)F)(c2ccccc2)c2ccccc2)cc1. The molecule has 0 aliphatic heterocycles. The highest BCUT2D eigenvalue weighted by atomic mass is 32.3. The summed E-state index contributed by atoms with van der Waals surface area (Å²) in [6.45, 7) is 1.89. The van der Waals surface area contributed by atoms with E-state index in [2.05, 4.69) is 0 Å². The summed E-state index contributed by atoms with van der Waals surface area (Å²) < 4.78 is 74.3. The van der Waals surface area contributed by atoms with Crippen molar-refractivity contribution in [1.29, 1.82) is 0 Å². The third-order valence-corrected chi connectivity index (χ3v) is 10.4. The van der Waals surface area contributed by atoms with Crippen molar-refractivity contribution < 1.29 is 25.2 Å².